The van der Waals surface area contributed by atoms with Crippen molar-refractivity contribution in [1.82, 2.24) is 4.90 Å². The first-order chi connectivity index (χ1) is 15.6. The molecule has 1 amide bonds. The lowest BCUT2D eigenvalue weighted by Crippen LogP contribution is -2.42. The van der Waals surface area contributed by atoms with Gasteiger partial charge in [0.05, 0.1) is 0 Å². The first-order valence-electron chi connectivity index (χ1n) is 11.5. The molecule has 1 unspecified atom stereocenters. The van der Waals surface area contributed by atoms with E-state index in [-0.39, 0.29) is 24.2 Å². The van der Waals surface area contributed by atoms with Crippen molar-refractivity contribution >= 4 is 11.7 Å². The van der Waals surface area contributed by atoms with Crippen LogP contribution >= 0.6 is 0 Å². The van der Waals surface area contributed by atoms with Gasteiger partial charge in [0.25, 0.3) is 5.91 Å². The summed E-state index contributed by atoms with van der Waals surface area (Å²) in [6.07, 6.45) is 2.32. The largest absolute Gasteiger partial charge is 0.486 e. The SMILES string of the molecule is CCC(C)c1ccccc1OCC(=O)N1CCC(C(=O)c2ccc3c(c2)OCCO3)CC1. The Hall–Kier alpha value is -3.02. The van der Waals surface area contributed by atoms with E-state index in [0.29, 0.717) is 62.1 Å². The van der Waals surface area contributed by atoms with Gasteiger partial charge in [-0.15, -0.1) is 0 Å². The van der Waals surface area contributed by atoms with Crippen molar-refractivity contribution in [2.75, 3.05) is 32.9 Å². The van der Waals surface area contributed by atoms with E-state index in [1.807, 2.05) is 18.2 Å². The number of hydrogen-bond donors (Lipinski definition) is 0. The third-order valence-electron chi connectivity index (χ3n) is 6.46. The molecule has 2 aliphatic rings. The minimum Gasteiger partial charge on any atom is -0.486 e. The number of carbonyl (C=O) groups is 2. The van der Waals surface area contributed by atoms with E-state index in [0.717, 1.165) is 17.7 Å². The second-order valence-electron chi connectivity index (χ2n) is 8.51. The topological polar surface area (TPSA) is 65.1 Å². The number of likely N-dealkylation sites (tertiary alicyclic amines) is 1. The number of fused-ring (bicyclic) bond motifs is 1. The number of Topliss-reactive ketones (excluding diaryl/α,β-unsaturated/α-hetero) is 1. The molecule has 0 aromatic heterocycles. The Bertz CT molecular complexity index is 964. The maximum Gasteiger partial charge on any atom is 0.260 e. The fourth-order valence-corrected chi connectivity index (χ4v) is 4.29. The van der Waals surface area contributed by atoms with Crippen molar-refractivity contribution in [3.8, 4) is 17.2 Å². The maximum atomic E-state index is 13.0. The summed E-state index contributed by atoms with van der Waals surface area (Å²) < 4.78 is 17.0. The Balaban J connectivity index is 1.30. The van der Waals surface area contributed by atoms with Crippen molar-refractivity contribution in [3.05, 3.63) is 53.6 Å². The molecule has 6 heteroatoms. The molecule has 1 atom stereocenters. The summed E-state index contributed by atoms with van der Waals surface area (Å²) in [7, 11) is 0. The number of ketones is 1. The first kappa shape index (κ1) is 22.2. The van der Waals surface area contributed by atoms with E-state index in [9.17, 15) is 9.59 Å². The number of amides is 1. The van der Waals surface area contributed by atoms with Crippen molar-refractivity contribution in [3.63, 3.8) is 0 Å². The summed E-state index contributed by atoms with van der Waals surface area (Å²) in [6.45, 7) is 6.48. The van der Waals surface area contributed by atoms with Crippen LogP contribution in [-0.4, -0.2) is 49.5 Å². The number of hydrogen-bond acceptors (Lipinski definition) is 5. The molecule has 1 saturated heterocycles. The van der Waals surface area contributed by atoms with Gasteiger partial charge >= 0.3 is 0 Å². The summed E-state index contributed by atoms with van der Waals surface area (Å²) in [5.74, 6) is 2.45. The lowest BCUT2D eigenvalue weighted by Gasteiger charge is -2.31. The summed E-state index contributed by atoms with van der Waals surface area (Å²) in [6, 6.07) is 13.3. The second kappa shape index (κ2) is 10.1. The summed E-state index contributed by atoms with van der Waals surface area (Å²) in [5, 5.41) is 0. The second-order valence-corrected chi connectivity index (χ2v) is 8.51. The van der Waals surface area contributed by atoms with Gasteiger partial charge in [0.1, 0.15) is 19.0 Å². The molecule has 32 heavy (non-hydrogen) atoms. The summed E-state index contributed by atoms with van der Waals surface area (Å²) in [5.41, 5.74) is 1.77. The normalized spacial score (nSPS) is 17.0. The molecule has 4 rings (SSSR count). The Morgan fingerprint density at radius 1 is 1.06 bits per heavy atom. The smallest absolute Gasteiger partial charge is 0.260 e. The van der Waals surface area contributed by atoms with E-state index < -0.39 is 0 Å². The average Bonchev–Trinajstić information content (AvgIpc) is 2.86. The van der Waals surface area contributed by atoms with Crippen LogP contribution in [0.15, 0.2) is 42.5 Å². The van der Waals surface area contributed by atoms with Crippen LogP contribution in [0.25, 0.3) is 0 Å². The molecule has 2 aromatic rings. The van der Waals surface area contributed by atoms with Crippen molar-refractivity contribution in [1.29, 1.82) is 0 Å². The average molecular weight is 438 g/mol. The predicted octanol–water partition coefficient (Wildman–Crippen LogP) is 4.47. The number of benzene rings is 2. The molecular formula is C26H31NO5. The van der Waals surface area contributed by atoms with Gasteiger partial charge in [0.15, 0.2) is 23.9 Å². The number of carbonyl (C=O) groups excluding carboxylic acids is 2. The van der Waals surface area contributed by atoms with E-state index in [1.165, 1.54) is 0 Å². The Morgan fingerprint density at radius 3 is 2.53 bits per heavy atom. The molecule has 0 spiro atoms. The molecule has 1 fully saturated rings. The van der Waals surface area contributed by atoms with Crippen molar-refractivity contribution in [2.45, 2.75) is 39.0 Å². The van der Waals surface area contributed by atoms with E-state index >= 15 is 0 Å². The number of para-hydroxylation sites is 1. The van der Waals surface area contributed by atoms with Crippen LogP contribution in [0.5, 0.6) is 17.2 Å². The molecule has 2 heterocycles. The van der Waals surface area contributed by atoms with E-state index in [4.69, 9.17) is 14.2 Å². The van der Waals surface area contributed by atoms with Crippen molar-refractivity contribution in [2.24, 2.45) is 5.92 Å². The molecule has 6 nitrogen and oxygen atoms in total. The van der Waals surface area contributed by atoms with Crippen LogP contribution < -0.4 is 14.2 Å². The maximum absolute atomic E-state index is 13.0. The predicted molar refractivity (Wildman–Crippen MR) is 122 cm³/mol. The fourth-order valence-electron chi connectivity index (χ4n) is 4.29. The van der Waals surface area contributed by atoms with Gasteiger partial charge in [-0.25, -0.2) is 0 Å². The number of ether oxygens (including phenoxy) is 3. The monoisotopic (exact) mass is 437 g/mol. The zero-order valence-electron chi connectivity index (χ0n) is 18.8. The molecule has 0 radical (unpaired) electrons. The highest BCUT2D eigenvalue weighted by Crippen LogP contribution is 2.33. The summed E-state index contributed by atoms with van der Waals surface area (Å²) >= 11 is 0. The zero-order valence-corrected chi connectivity index (χ0v) is 18.8. The quantitative estimate of drug-likeness (QED) is 0.598. The highest BCUT2D eigenvalue weighted by molar-refractivity contribution is 5.98. The molecule has 170 valence electrons. The number of nitrogens with zero attached hydrogens (tertiary/aromatic N) is 1. The fraction of sp³-hybridized carbons (Fsp3) is 0.462. The Kier molecular flexibility index (Phi) is 6.98. The highest BCUT2D eigenvalue weighted by atomic mass is 16.6. The number of rotatable bonds is 7. The molecule has 0 saturated carbocycles. The van der Waals surface area contributed by atoms with Crippen LogP contribution in [0.2, 0.25) is 0 Å². The van der Waals surface area contributed by atoms with Gasteiger partial charge in [-0.3, -0.25) is 9.59 Å². The standard InChI is InChI=1S/C26H31NO5/c1-3-18(2)21-6-4-5-7-22(21)32-17-25(28)27-12-10-19(11-13-27)26(29)20-8-9-23-24(16-20)31-15-14-30-23/h4-9,16,18-19H,3,10-15,17H2,1-2H3. The van der Waals surface area contributed by atoms with Gasteiger partial charge in [0, 0.05) is 24.6 Å². The zero-order chi connectivity index (χ0) is 22.5. The number of piperidine rings is 1. The summed E-state index contributed by atoms with van der Waals surface area (Å²) in [4.78, 5) is 27.5. The van der Waals surface area contributed by atoms with Gasteiger partial charge in [0.2, 0.25) is 0 Å². The molecule has 0 N–H and O–H groups in total. The van der Waals surface area contributed by atoms with Crippen LogP contribution in [0.3, 0.4) is 0 Å². The lowest BCUT2D eigenvalue weighted by molar-refractivity contribution is -0.134. The van der Waals surface area contributed by atoms with Crippen LogP contribution in [0, 0.1) is 5.92 Å². The first-order valence-corrected chi connectivity index (χ1v) is 11.5. The highest BCUT2D eigenvalue weighted by Gasteiger charge is 2.29. The van der Waals surface area contributed by atoms with Crippen molar-refractivity contribution < 1.29 is 23.8 Å². The van der Waals surface area contributed by atoms with Gasteiger partial charge in [-0.05, 0) is 55.0 Å². The minimum absolute atomic E-state index is 0.0220. The Morgan fingerprint density at radius 2 is 1.78 bits per heavy atom. The van der Waals surface area contributed by atoms with E-state index in [2.05, 4.69) is 19.9 Å². The van der Waals surface area contributed by atoms with Gasteiger partial charge < -0.3 is 19.1 Å². The lowest BCUT2D eigenvalue weighted by atomic mass is 9.88. The van der Waals surface area contributed by atoms with E-state index in [1.54, 1.807) is 23.1 Å². The van der Waals surface area contributed by atoms with Gasteiger partial charge in [-0.1, -0.05) is 32.0 Å². The molecule has 2 aliphatic heterocycles. The van der Waals surface area contributed by atoms with Crippen LogP contribution in [-0.2, 0) is 4.79 Å². The molecule has 0 aliphatic carbocycles. The third-order valence-corrected chi connectivity index (χ3v) is 6.46. The minimum atomic E-state index is -0.0892. The van der Waals surface area contributed by atoms with Crippen LogP contribution in [0.1, 0.15) is 54.9 Å². The third kappa shape index (κ3) is 4.90. The van der Waals surface area contributed by atoms with Gasteiger partial charge in [-0.2, -0.15) is 0 Å². The molecular weight excluding hydrogens is 406 g/mol. The molecule has 2 aromatic carbocycles. The molecule has 0 bridgehead atoms. The Labute approximate surface area is 189 Å². The van der Waals surface area contributed by atoms with Crippen LogP contribution in [0.4, 0.5) is 0 Å².